The molecule has 0 saturated carbocycles. The zero-order valence-corrected chi connectivity index (χ0v) is 9.90. The second kappa shape index (κ2) is 4.16. The second-order valence-corrected chi connectivity index (χ2v) is 4.25. The van der Waals surface area contributed by atoms with E-state index in [2.05, 4.69) is 20.9 Å². The van der Waals surface area contributed by atoms with Crippen molar-refractivity contribution >= 4 is 15.9 Å². The Morgan fingerprint density at radius 1 is 1.33 bits per heavy atom. The van der Waals surface area contributed by atoms with Crippen LogP contribution in [0.4, 0.5) is 0 Å². The number of halogens is 1. The zero-order chi connectivity index (χ0) is 10.8. The summed E-state index contributed by atoms with van der Waals surface area (Å²) in [7, 11) is 1.92. The molecule has 0 atom stereocenters. The smallest absolute Gasteiger partial charge is 0.140 e. The van der Waals surface area contributed by atoms with Gasteiger partial charge in [0.25, 0.3) is 0 Å². The number of nitrogens with zero attached hydrogens (tertiary/aromatic N) is 2. The van der Waals surface area contributed by atoms with E-state index in [4.69, 9.17) is 5.11 Å². The Hall–Kier alpha value is -1.13. The molecule has 1 aromatic carbocycles. The van der Waals surface area contributed by atoms with Crippen LogP contribution in [0.5, 0.6) is 0 Å². The number of benzene rings is 1. The zero-order valence-electron chi connectivity index (χ0n) is 8.31. The minimum atomic E-state index is -0.0234. The first kappa shape index (κ1) is 10.4. The molecule has 0 bridgehead atoms. The minimum Gasteiger partial charge on any atom is -0.390 e. The molecule has 3 nitrogen and oxygen atoms in total. The third-order valence-corrected chi connectivity index (χ3v) is 2.72. The van der Waals surface area contributed by atoms with Crippen LogP contribution in [0.1, 0.15) is 5.69 Å². The van der Waals surface area contributed by atoms with Crippen LogP contribution in [0.2, 0.25) is 0 Å². The number of imidazole rings is 1. The van der Waals surface area contributed by atoms with Gasteiger partial charge < -0.3 is 9.67 Å². The highest BCUT2D eigenvalue weighted by atomic mass is 79.9. The monoisotopic (exact) mass is 266 g/mol. The van der Waals surface area contributed by atoms with Crippen molar-refractivity contribution in [2.75, 3.05) is 0 Å². The van der Waals surface area contributed by atoms with Crippen molar-refractivity contribution < 1.29 is 5.11 Å². The van der Waals surface area contributed by atoms with E-state index in [1.54, 1.807) is 0 Å². The molecule has 0 radical (unpaired) electrons. The van der Waals surface area contributed by atoms with Crippen molar-refractivity contribution in [3.63, 3.8) is 0 Å². The minimum absolute atomic E-state index is 0.0234. The molecule has 0 unspecified atom stereocenters. The number of hydrogen-bond acceptors (Lipinski definition) is 2. The predicted molar refractivity (Wildman–Crippen MR) is 62.3 cm³/mol. The van der Waals surface area contributed by atoms with E-state index in [1.807, 2.05) is 42.1 Å². The lowest BCUT2D eigenvalue weighted by molar-refractivity contribution is 0.277. The number of hydrogen-bond donors (Lipinski definition) is 1. The molecule has 0 aliphatic rings. The summed E-state index contributed by atoms with van der Waals surface area (Å²) in [6.07, 6.45) is 1.83. The van der Waals surface area contributed by atoms with Crippen LogP contribution in [0.15, 0.2) is 34.9 Å². The number of aryl methyl sites for hydroxylation is 1. The second-order valence-electron chi connectivity index (χ2n) is 3.33. The molecule has 1 aromatic heterocycles. The summed E-state index contributed by atoms with van der Waals surface area (Å²) >= 11 is 3.39. The van der Waals surface area contributed by atoms with Crippen LogP contribution < -0.4 is 0 Å². The molecule has 0 aliphatic carbocycles. The van der Waals surface area contributed by atoms with Gasteiger partial charge in [-0.25, -0.2) is 4.98 Å². The Morgan fingerprint density at radius 2 is 2.00 bits per heavy atom. The lowest BCUT2D eigenvalue weighted by Crippen LogP contribution is -1.90. The Bertz CT molecular complexity index is 462. The fourth-order valence-corrected chi connectivity index (χ4v) is 1.74. The average molecular weight is 267 g/mol. The Labute approximate surface area is 96.5 Å². The van der Waals surface area contributed by atoms with Crippen LogP contribution in [0.25, 0.3) is 11.4 Å². The van der Waals surface area contributed by atoms with Gasteiger partial charge in [-0.1, -0.05) is 28.1 Å². The van der Waals surface area contributed by atoms with Crippen molar-refractivity contribution in [2.24, 2.45) is 7.05 Å². The summed E-state index contributed by atoms with van der Waals surface area (Å²) in [4.78, 5) is 4.33. The Balaban J connectivity index is 2.44. The fourth-order valence-electron chi connectivity index (χ4n) is 1.47. The van der Waals surface area contributed by atoms with E-state index in [0.717, 1.165) is 15.9 Å². The molecule has 1 heterocycles. The first-order valence-corrected chi connectivity index (χ1v) is 5.39. The maximum Gasteiger partial charge on any atom is 0.140 e. The topological polar surface area (TPSA) is 38.0 Å². The van der Waals surface area contributed by atoms with Crippen molar-refractivity contribution in [1.82, 2.24) is 9.55 Å². The SMILES string of the molecule is Cn1cc(CO)nc1-c1ccc(Br)cc1. The standard InChI is InChI=1S/C11H11BrN2O/c1-14-6-10(7-15)13-11(14)8-2-4-9(12)5-3-8/h2-6,15H,7H2,1H3. The Morgan fingerprint density at radius 3 is 2.53 bits per heavy atom. The fraction of sp³-hybridized carbons (Fsp3) is 0.182. The third kappa shape index (κ3) is 2.11. The first-order valence-electron chi connectivity index (χ1n) is 4.60. The largest absolute Gasteiger partial charge is 0.390 e. The first-order chi connectivity index (χ1) is 7.20. The number of aliphatic hydroxyl groups is 1. The average Bonchev–Trinajstić information content (AvgIpc) is 2.61. The van der Waals surface area contributed by atoms with Crippen LogP contribution in [0, 0.1) is 0 Å². The predicted octanol–water partition coefficient (Wildman–Crippen LogP) is 2.34. The van der Waals surface area contributed by atoms with Gasteiger partial charge in [-0.3, -0.25) is 0 Å². The molecule has 0 spiro atoms. The van der Waals surface area contributed by atoms with Crippen LogP contribution in [0.3, 0.4) is 0 Å². The molecule has 0 aliphatic heterocycles. The van der Waals surface area contributed by atoms with Crippen LogP contribution in [-0.2, 0) is 13.7 Å². The number of aromatic nitrogens is 2. The number of aliphatic hydroxyl groups excluding tert-OH is 1. The lowest BCUT2D eigenvalue weighted by Gasteiger charge is -2.00. The molecule has 78 valence electrons. The van der Waals surface area contributed by atoms with Gasteiger partial charge in [0.05, 0.1) is 12.3 Å². The highest BCUT2D eigenvalue weighted by molar-refractivity contribution is 9.10. The highest BCUT2D eigenvalue weighted by Crippen LogP contribution is 2.20. The van der Waals surface area contributed by atoms with E-state index in [-0.39, 0.29) is 6.61 Å². The normalized spacial score (nSPS) is 10.6. The molecule has 2 aromatic rings. The van der Waals surface area contributed by atoms with Gasteiger partial charge >= 0.3 is 0 Å². The van der Waals surface area contributed by atoms with Crippen molar-refractivity contribution in [1.29, 1.82) is 0 Å². The quantitative estimate of drug-likeness (QED) is 0.906. The van der Waals surface area contributed by atoms with Gasteiger partial charge in [0, 0.05) is 23.3 Å². The molecule has 4 heteroatoms. The van der Waals surface area contributed by atoms with E-state index in [9.17, 15) is 0 Å². The molecule has 0 saturated heterocycles. The molecule has 1 N–H and O–H groups in total. The van der Waals surface area contributed by atoms with Crippen LogP contribution >= 0.6 is 15.9 Å². The van der Waals surface area contributed by atoms with Gasteiger partial charge in [-0.2, -0.15) is 0 Å². The summed E-state index contributed by atoms with van der Waals surface area (Å²) < 4.78 is 2.96. The van der Waals surface area contributed by atoms with Gasteiger partial charge in [0.2, 0.25) is 0 Å². The van der Waals surface area contributed by atoms with Crippen LogP contribution in [-0.4, -0.2) is 14.7 Å². The van der Waals surface area contributed by atoms with E-state index >= 15 is 0 Å². The van der Waals surface area contributed by atoms with E-state index < -0.39 is 0 Å². The maximum absolute atomic E-state index is 8.98. The molecule has 0 fully saturated rings. The Kier molecular flexibility index (Phi) is 2.88. The summed E-state index contributed by atoms with van der Waals surface area (Å²) in [5, 5.41) is 8.98. The summed E-state index contributed by atoms with van der Waals surface area (Å²) in [5.41, 5.74) is 1.73. The third-order valence-electron chi connectivity index (χ3n) is 2.19. The van der Waals surface area contributed by atoms with Gasteiger partial charge in [0.1, 0.15) is 5.82 Å². The number of rotatable bonds is 2. The molecular formula is C11H11BrN2O. The summed E-state index contributed by atoms with van der Waals surface area (Å²) in [6, 6.07) is 7.94. The maximum atomic E-state index is 8.98. The molecule has 2 rings (SSSR count). The van der Waals surface area contributed by atoms with Gasteiger partial charge in [0.15, 0.2) is 0 Å². The van der Waals surface area contributed by atoms with Crippen molar-refractivity contribution in [3.8, 4) is 11.4 Å². The molecule has 15 heavy (non-hydrogen) atoms. The summed E-state index contributed by atoms with van der Waals surface area (Å²) in [6.45, 7) is -0.0234. The van der Waals surface area contributed by atoms with Gasteiger partial charge in [-0.05, 0) is 12.1 Å². The lowest BCUT2D eigenvalue weighted by atomic mass is 10.2. The highest BCUT2D eigenvalue weighted by Gasteiger charge is 2.06. The molecular weight excluding hydrogens is 256 g/mol. The van der Waals surface area contributed by atoms with Gasteiger partial charge in [-0.15, -0.1) is 0 Å². The van der Waals surface area contributed by atoms with E-state index in [0.29, 0.717) is 5.69 Å². The van der Waals surface area contributed by atoms with E-state index in [1.165, 1.54) is 0 Å². The van der Waals surface area contributed by atoms with Crippen molar-refractivity contribution in [2.45, 2.75) is 6.61 Å². The summed E-state index contributed by atoms with van der Waals surface area (Å²) in [5.74, 6) is 0.867. The molecule has 0 amide bonds. The van der Waals surface area contributed by atoms with Crippen molar-refractivity contribution in [3.05, 3.63) is 40.6 Å².